The normalized spacial score (nSPS) is 11.6. The van der Waals surface area contributed by atoms with Gasteiger partial charge in [0.2, 0.25) is 5.88 Å². The van der Waals surface area contributed by atoms with E-state index in [1.807, 2.05) is 0 Å². The SMILES string of the molecule is NC(=O)N(N)c1cnc(OCC(O)CO)c(N(N)C(N)=O)c1. The second-order valence-electron chi connectivity index (χ2n) is 4.08. The van der Waals surface area contributed by atoms with Crippen LogP contribution in [0.4, 0.5) is 21.0 Å². The van der Waals surface area contributed by atoms with E-state index in [9.17, 15) is 14.7 Å². The number of carbonyl (C=O) groups excluding carboxylic acids is 2. The van der Waals surface area contributed by atoms with E-state index in [2.05, 4.69) is 4.98 Å². The van der Waals surface area contributed by atoms with Gasteiger partial charge in [0.05, 0.1) is 18.5 Å². The number of hydrogen-bond donors (Lipinski definition) is 6. The summed E-state index contributed by atoms with van der Waals surface area (Å²) in [6.07, 6.45) is -0.0326. The van der Waals surface area contributed by atoms with Crippen LogP contribution in [0, 0.1) is 0 Å². The summed E-state index contributed by atoms with van der Waals surface area (Å²) >= 11 is 0. The summed E-state index contributed by atoms with van der Waals surface area (Å²) in [5, 5.41) is 19.0. The summed E-state index contributed by atoms with van der Waals surface area (Å²) in [6, 6.07) is -0.822. The zero-order valence-electron chi connectivity index (χ0n) is 11.4. The van der Waals surface area contributed by atoms with Crippen molar-refractivity contribution in [3.63, 3.8) is 0 Å². The third-order valence-corrected chi connectivity index (χ3v) is 2.45. The summed E-state index contributed by atoms with van der Waals surface area (Å²) in [6.45, 7) is -0.849. The van der Waals surface area contributed by atoms with Gasteiger partial charge in [0.1, 0.15) is 18.4 Å². The molecule has 0 fully saturated rings. The number of rotatable bonds is 6. The van der Waals surface area contributed by atoms with Crippen molar-refractivity contribution in [3.8, 4) is 5.88 Å². The summed E-state index contributed by atoms with van der Waals surface area (Å²) in [7, 11) is 0. The number of ether oxygens (including phenoxy) is 1. The molecule has 12 nitrogen and oxygen atoms in total. The predicted molar refractivity (Wildman–Crippen MR) is 75.3 cm³/mol. The maximum atomic E-state index is 11.2. The van der Waals surface area contributed by atoms with Gasteiger partial charge in [-0.1, -0.05) is 0 Å². The Morgan fingerprint density at radius 1 is 1.27 bits per heavy atom. The Bertz CT molecular complexity index is 554. The molecular weight excluding hydrogens is 298 g/mol. The van der Waals surface area contributed by atoms with Crippen molar-refractivity contribution >= 4 is 23.4 Å². The Hall–Kier alpha value is -2.67. The van der Waals surface area contributed by atoms with Crippen LogP contribution in [0.3, 0.4) is 0 Å². The minimum absolute atomic E-state index is 0.0225. The molecule has 0 saturated carbocycles. The molecule has 0 bridgehead atoms. The first-order valence-corrected chi connectivity index (χ1v) is 5.88. The van der Waals surface area contributed by atoms with Crippen LogP contribution in [0.2, 0.25) is 0 Å². The molecule has 22 heavy (non-hydrogen) atoms. The Balaban J connectivity index is 3.15. The molecule has 0 saturated heterocycles. The van der Waals surface area contributed by atoms with E-state index in [0.29, 0.717) is 10.0 Å². The number of primary amides is 2. The number of aliphatic hydroxyl groups is 2. The molecule has 0 spiro atoms. The maximum Gasteiger partial charge on any atom is 0.333 e. The highest BCUT2D eigenvalue weighted by Gasteiger charge is 2.19. The number of hydrazine groups is 2. The van der Waals surface area contributed by atoms with Crippen molar-refractivity contribution in [3.05, 3.63) is 12.3 Å². The van der Waals surface area contributed by atoms with Crippen molar-refractivity contribution in [2.75, 3.05) is 23.2 Å². The van der Waals surface area contributed by atoms with Crippen molar-refractivity contribution < 1.29 is 24.5 Å². The molecule has 1 aromatic rings. The van der Waals surface area contributed by atoms with Crippen LogP contribution in [0.1, 0.15) is 0 Å². The number of aliphatic hydroxyl groups excluding tert-OH is 2. The lowest BCUT2D eigenvalue weighted by Crippen LogP contribution is -2.43. The topological polar surface area (TPSA) is 207 Å². The zero-order chi connectivity index (χ0) is 16.9. The van der Waals surface area contributed by atoms with Gasteiger partial charge in [-0.25, -0.2) is 36.3 Å². The maximum absolute atomic E-state index is 11.2. The lowest BCUT2D eigenvalue weighted by molar-refractivity contribution is 0.0523. The molecular formula is C10H17N7O5. The van der Waals surface area contributed by atoms with Crippen LogP contribution < -0.4 is 37.9 Å². The molecule has 1 aromatic heterocycles. The molecule has 122 valence electrons. The van der Waals surface area contributed by atoms with E-state index in [-0.39, 0.29) is 23.9 Å². The number of nitrogens with two attached hydrogens (primary N) is 4. The van der Waals surface area contributed by atoms with E-state index in [0.717, 1.165) is 6.20 Å². The molecule has 12 heteroatoms. The average Bonchev–Trinajstić information content (AvgIpc) is 2.50. The first-order valence-electron chi connectivity index (χ1n) is 5.88. The van der Waals surface area contributed by atoms with Crippen LogP contribution in [0.15, 0.2) is 12.3 Å². The first-order chi connectivity index (χ1) is 10.3. The summed E-state index contributed by atoms with van der Waals surface area (Å²) in [5.74, 6) is 10.7. The van der Waals surface area contributed by atoms with Crippen LogP contribution in [0.5, 0.6) is 5.88 Å². The van der Waals surface area contributed by atoms with Crippen LogP contribution >= 0.6 is 0 Å². The Kier molecular flexibility index (Phi) is 5.82. The number of amides is 4. The molecule has 10 N–H and O–H groups in total. The summed E-state index contributed by atoms with van der Waals surface area (Å²) < 4.78 is 5.13. The summed E-state index contributed by atoms with van der Waals surface area (Å²) in [5.41, 5.74) is 9.98. The van der Waals surface area contributed by atoms with Gasteiger partial charge in [0.15, 0.2) is 0 Å². The molecule has 0 aliphatic carbocycles. The third kappa shape index (κ3) is 4.16. The number of nitrogens with zero attached hydrogens (tertiary/aromatic N) is 3. The third-order valence-electron chi connectivity index (χ3n) is 2.45. The van der Waals surface area contributed by atoms with Gasteiger partial charge in [0.25, 0.3) is 0 Å². The van der Waals surface area contributed by atoms with Crippen LogP contribution in [-0.4, -0.2) is 46.6 Å². The number of carbonyl (C=O) groups is 2. The number of hydrogen-bond acceptors (Lipinski definition) is 8. The van der Waals surface area contributed by atoms with Crippen LogP contribution in [0.25, 0.3) is 0 Å². The Labute approximate surface area is 124 Å². The van der Waals surface area contributed by atoms with E-state index in [1.165, 1.54) is 6.07 Å². The minimum Gasteiger partial charge on any atom is -0.473 e. The molecule has 0 aliphatic rings. The minimum atomic E-state index is -1.16. The molecule has 0 aliphatic heterocycles. The fourth-order valence-corrected chi connectivity index (χ4v) is 1.32. The Morgan fingerprint density at radius 3 is 2.36 bits per heavy atom. The molecule has 1 atom stereocenters. The monoisotopic (exact) mass is 315 g/mol. The first kappa shape index (κ1) is 17.4. The Morgan fingerprint density at radius 2 is 1.86 bits per heavy atom. The molecule has 1 heterocycles. The number of anilines is 2. The van der Waals surface area contributed by atoms with E-state index >= 15 is 0 Å². The van der Waals surface area contributed by atoms with Gasteiger partial charge in [-0.2, -0.15) is 0 Å². The molecule has 1 rings (SSSR count). The second kappa shape index (κ2) is 7.37. The second-order valence-corrected chi connectivity index (χ2v) is 4.08. The number of pyridine rings is 1. The predicted octanol–water partition coefficient (Wildman–Crippen LogP) is -2.67. The number of urea groups is 2. The largest absolute Gasteiger partial charge is 0.473 e. The van der Waals surface area contributed by atoms with Gasteiger partial charge in [-0.15, -0.1) is 0 Å². The quantitative estimate of drug-likeness (QED) is 0.185. The molecule has 1 unspecified atom stereocenters. The zero-order valence-corrected chi connectivity index (χ0v) is 11.4. The van der Waals surface area contributed by atoms with E-state index in [1.54, 1.807) is 0 Å². The standard InChI is InChI=1S/C10H17N7O5/c11-9(20)16(13)5-1-7(17(14)10(12)21)8(15-2-5)22-4-6(19)3-18/h1-2,6,18-19H,3-4,13-14H2,(H2,11,20)(H2,12,21). The van der Waals surface area contributed by atoms with E-state index < -0.39 is 24.8 Å². The smallest absolute Gasteiger partial charge is 0.333 e. The fourth-order valence-electron chi connectivity index (χ4n) is 1.32. The fraction of sp³-hybridized carbons (Fsp3) is 0.300. The highest BCUT2D eigenvalue weighted by molar-refractivity contribution is 5.93. The van der Waals surface area contributed by atoms with Crippen molar-refractivity contribution in [2.45, 2.75) is 6.10 Å². The summed E-state index contributed by atoms with van der Waals surface area (Å²) in [4.78, 5) is 26.0. The van der Waals surface area contributed by atoms with Gasteiger partial charge in [-0.05, 0) is 6.07 Å². The van der Waals surface area contributed by atoms with Crippen LogP contribution in [-0.2, 0) is 0 Å². The van der Waals surface area contributed by atoms with Gasteiger partial charge in [-0.3, -0.25) is 0 Å². The van der Waals surface area contributed by atoms with Gasteiger partial charge in [0, 0.05) is 0 Å². The number of aromatic nitrogens is 1. The lowest BCUT2D eigenvalue weighted by atomic mass is 10.3. The van der Waals surface area contributed by atoms with E-state index in [4.69, 9.17) is 33.0 Å². The van der Waals surface area contributed by atoms with Gasteiger partial charge >= 0.3 is 12.1 Å². The average molecular weight is 315 g/mol. The highest BCUT2D eigenvalue weighted by atomic mass is 16.5. The van der Waals surface area contributed by atoms with Crippen molar-refractivity contribution in [1.82, 2.24) is 4.98 Å². The van der Waals surface area contributed by atoms with Crippen molar-refractivity contribution in [1.29, 1.82) is 0 Å². The van der Waals surface area contributed by atoms with Crippen molar-refractivity contribution in [2.24, 2.45) is 23.2 Å². The van der Waals surface area contributed by atoms with Gasteiger partial charge < -0.3 is 26.4 Å². The highest BCUT2D eigenvalue weighted by Crippen LogP contribution is 2.28. The lowest BCUT2D eigenvalue weighted by Gasteiger charge is -2.21. The molecule has 0 aromatic carbocycles. The molecule has 4 amide bonds. The molecule has 0 radical (unpaired) electrons.